The standard InChI is InChI=1S/C28H31FN4O3/c1-4-21-12-22(6-7-23(21)15-33-10-9-24(16-33)28(34)35)19(3)32-36-17-20-5-8-25(18(2)11-20)26-13-31-27(29)14-30-26/h5-8,11-14,24H,4,9-10,15-17H2,1-3H3,(H,34,35)/b32-19+/t24-/m1/s1. The molecule has 188 valence electrons. The molecule has 2 aromatic carbocycles. The Hall–Kier alpha value is -3.65. The van der Waals surface area contributed by atoms with Crippen LogP contribution in [0.2, 0.25) is 0 Å². The lowest BCUT2D eigenvalue weighted by Crippen LogP contribution is -2.23. The number of carbonyl (C=O) groups is 1. The summed E-state index contributed by atoms with van der Waals surface area (Å²) in [5.74, 6) is -1.57. The number of carboxylic acid groups (broad SMARTS) is 1. The highest BCUT2D eigenvalue weighted by Gasteiger charge is 2.28. The van der Waals surface area contributed by atoms with Gasteiger partial charge in [-0.15, -0.1) is 0 Å². The Bertz CT molecular complexity index is 1260. The molecular formula is C28H31FN4O3. The van der Waals surface area contributed by atoms with Crippen molar-refractivity contribution in [2.24, 2.45) is 11.1 Å². The SMILES string of the molecule is CCc1cc(/C(C)=N/OCc2ccc(-c3cnc(F)cn3)c(C)c2)ccc1CN1CC[C@@H](C(=O)O)C1. The molecule has 7 nitrogen and oxygen atoms in total. The second kappa shape index (κ2) is 11.4. The van der Waals surface area contributed by atoms with E-state index in [0.29, 0.717) is 25.3 Å². The summed E-state index contributed by atoms with van der Waals surface area (Å²) in [6, 6.07) is 12.2. The van der Waals surface area contributed by atoms with Gasteiger partial charge in [-0.3, -0.25) is 9.69 Å². The average molecular weight is 491 g/mol. The number of aliphatic carboxylic acids is 1. The van der Waals surface area contributed by atoms with Crippen molar-refractivity contribution in [3.05, 3.63) is 82.6 Å². The molecule has 0 aliphatic carbocycles. The lowest BCUT2D eigenvalue weighted by molar-refractivity contribution is -0.141. The number of nitrogens with zero attached hydrogens (tertiary/aromatic N) is 4. The summed E-state index contributed by atoms with van der Waals surface area (Å²) in [7, 11) is 0. The number of likely N-dealkylation sites (tertiary alicyclic amines) is 1. The van der Waals surface area contributed by atoms with Gasteiger partial charge in [0.1, 0.15) is 6.61 Å². The molecular weight excluding hydrogens is 459 g/mol. The lowest BCUT2D eigenvalue weighted by atomic mass is 9.99. The molecule has 0 spiro atoms. The van der Waals surface area contributed by atoms with Crippen molar-refractivity contribution < 1.29 is 19.1 Å². The number of rotatable bonds is 9. The van der Waals surface area contributed by atoms with Crippen molar-refractivity contribution in [1.29, 1.82) is 0 Å². The summed E-state index contributed by atoms with van der Waals surface area (Å²) in [6.45, 7) is 8.52. The molecule has 1 saturated heterocycles. The Morgan fingerprint density at radius 3 is 2.69 bits per heavy atom. The van der Waals surface area contributed by atoms with Gasteiger partial charge in [0.15, 0.2) is 0 Å². The topological polar surface area (TPSA) is 87.9 Å². The lowest BCUT2D eigenvalue weighted by Gasteiger charge is -2.18. The normalized spacial score (nSPS) is 16.3. The van der Waals surface area contributed by atoms with Crippen molar-refractivity contribution in [1.82, 2.24) is 14.9 Å². The molecule has 4 rings (SSSR count). The number of carboxylic acids is 1. The summed E-state index contributed by atoms with van der Waals surface area (Å²) in [4.78, 5) is 26.9. The molecule has 0 amide bonds. The molecule has 1 fully saturated rings. The van der Waals surface area contributed by atoms with Crippen molar-refractivity contribution in [2.75, 3.05) is 13.1 Å². The number of aromatic nitrogens is 2. The third kappa shape index (κ3) is 6.12. The highest BCUT2D eigenvalue weighted by molar-refractivity contribution is 5.98. The van der Waals surface area contributed by atoms with Crippen molar-refractivity contribution >= 4 is 11.7 Å². The fraction of sp³-hybridized carbons (Fsp3) is 0.357. The van der Waals surface area contributed by atoms with E-state index < -0.39 is 11.9 Å². The van der Waals surface area contributed by atoms with Gasteiger partial charge in [-0.2, -0.15) is 4.39 Å². The highest BCUT2D eigenvalue weighted by Crippen LogP contribution is 2.23. The zero-order chi connectivity index (χ0) is 25.7. The van der Waals surface area contributed by atoms with Crippen LogP contribution in [0.3, 0.4) is 0 Å². The van der Waals surface area contributed by atoms with Crippen LogP contribution in [0.1, 0.15) is 48.1 Å². The Morgan fingerprint density at radius 2 is 2.03 bits per heavy atom. The summed E-state index contributed by atoms with van der Waals surface area (Å²) in [5.41, 5.74) is 7.73. The van der Waals surface area contributed by atoms with Gasteiger partial charge < -0.3 is 9.94 Å². The van der Waals surface area contributed by atoms with E-state index in [2.05, 4.69) is 39.1 Å². The number of benzene rings is 2. The summed E-state index contributed by atoms with van der Waals surface area (Å²) in [6.07, 6.45) is 4.13. The monoisotopic (exact) mass is 490 g/mol. The highest BCUT2D eigenvalue weighted by atomic mass is 19.1. The summed E-state index contributed by atoms with van der Waals surface area (Å²) in [5, 5.41) is 13.6. The van der Waals surface area contributed by atoms with Crippen LogP contribution in [0.5, 0.6) is 0 Å². The second-order valence-electron chi connectivity index (χ2n) is 9.22. The predicted molar refractivity (Wildman–Crippen MR) is 136 cm³/mol. The van der Waals surface area contributed by atoms with E-state index in [0.717, 1.165) is 53.7 Å². The van der Waals surface area contributed by atoms with E-state index in [1.165, 1.54) is 17.3 Å². The average Bonchev–Trinajstić information content (AvgIpc) is 3.34. The van der Waals surface area contributed by atoms with E-state index in [1.54, 1.807) is 0 Å². The third-order valence-corrected chi connectivity index (χ3v) is 6.64. The van der Waals surface area contributed by atoms with Crippen LogP contribution in [-0.2, 0) is 29.2 Å². The van der Waals surface area contributed by atoms with Crippen LogP contribution in [-0.4, -0.2) is 44.7 Å². The largest absolute Gasteiger partial charge is 0.481 e. The summed E-state index contributed by atoms with van der Waals surface area (Å²) < 4.78 is 13.1. The Balaban J connectivity index is 1.38. The van der Waals surface area contributed by atoms with Gasteiger partial charge in [-0.1, -0.05) is 42.4 Å². The van der Waals surface area contributed by atoms with Crippen LogP contribution >= 0.6 is 0 Å². The van der Waals surface area contributed by atoms with Crippen LogP contribution in [0, 0.1) is 18.8 Å². The molecule has 0 saturated carbocycles. The van der Waals surface area contributed by atoms with Crippen LogP contribution in [0.4, 0.5) is 4.39 Å². The quantitative estimate of drug-likeness (QED) is 0.335. The molecule has 1 atom stereocenters. The Kier molecular flexibility index (Phi) is 8.05. The molecule has 0 radical (unpaired) electrons. The molecule has 3 aromatic rings. The smallest absolute Gasteiger partial charge is 0.307 e. The third-order valence-electron chi connectivity index (χ3n) is 6.64. The first-order chi connectivity index (χ1) is 17.3. The summed E-state index contributed by atoms with van der Waals surface area (Å²) >= 11 is 0. The molecule has 0 bridgehead atoms. The molecule has 1 aliphatic heterocycles. The first-order valence-corrected chi connectivity index (χ1v) is 12.2. The zero-order valence-corrected chi connectivity index (χ0v) is 20.9. The van der Waals surface area contributed by atoms with E-state index in [4.69, 9.17) is 4.84 Å². The van der Waals surface area contributed by atoms with Gasteiger partial charge in [0.05, 0.1) is 29.7 Å². The van der Waals surface area contributed by atoms with Gasteiger partial charge in [0.25, 0.3) is 0 Å². The van der Waals surface area contributed by atoms with Crippen molar-refractivity contribution in [2.45, 2.75) is 46.8 Å². The van der Waals surface area contributed by atoms with Crippen LogP contribution in [0.15, 0.2) is 53.9 Å². The maximum atomic E-state index is 13.1. The maximum absolute atomic E-state index is 13.1. The molecule has 1 N–H and O–H groups in total. The molecule has 2 heterocycles. The molecule has 36 heavy (non-hydrogen) atoms. The predicted octanol–water partition coefficient (Wildman–Crippen LogP) is 5.00. The van der Waals surface area contributed by atoms with E-state index >= 15 is 0 Å². The van der Waals surface area contributed by atoms with E-state index in [9.17, 15) is 14.3 Å². The fourth-order valence-corrected chi connectivity index (χ4v) is 4.56. The number of hydrogen-bond donors (Lipinski definition) is 1. The fourth-order valence-electron chi connectivity index (χ4n) is 4.56. The van der Waals surface area contributed by atoms with Crippen LogP contribution < -0.4 is 0 Å². The van der Waals surface area contributed by atoms with Gasteiger partial charge in [-0.05, 0) is 67.1 Å². The Labute approximate surface area is 210 Å². The number of aryl methyl sites for hydroxylation is 2. The molecule has 1 aromatic heterocycles. The van der Waals surface area contributed by atoms with Gasteiger partial charge in [-0.25, -0.2) is 9.97 Å². The van der Waals surface area contributed by atoms with Gasteiger partial charge in [0, 0.05) is 18.7 Å². The minimum atomic E-state index is -0.705. The van der Waals surface area contributed by atoms with Gasteiger partial charge >= 0.3 is 5.97 Å². The first kappa shape index (κ1) is 25.4. The van der Waals surface area contributed by atoms with E-state index in [-0.39, 0.29) is 5.92 Å². The number of oxime groups is 1. The second-order valence-corrected chi connectivity index (χ2v) is 9.22. The maximum Gasteiger partial charge on any atom is 0.307 e. The Morgan fingerprint density at radius 1 is 1.19 bits per heavy atom. The van der Waals surface area contributed by atoms with Gasteiger partial charge in [0.2, 0.25) is 5.95 Å². The van der Waals surface area contributed by atoms with E-state index in [1.807, 2.05) is 38.1 Å². The van der Waals surface area contributed by atoms with Crippen molar-refractivity contribution in [3.8, 4) is 11.3 Å². The van der Waals surface area contributed by atoms with Crippen molar-refractivity contribution in [3.63, 3.8) is 0 Å². The number of halogens is 1. The molecule has 8 heteroatoms. The number of hydrogen-bond acceptors (Lipinski definition) is 6. The first-order valence-electron chi connectivity index (χ1n) is 12.2. The minimum absolute atomic E-state index is 0.266. The molecule has 1 aliphatic rings. The minimum Gasteiger partial charge on any atom is -0.481 e. The van der Waals surface area contributed by atoms with Crippen LogP contribution in [0.25, 0.3) is 11.3 Å². The zero-order valence-electron chi connectivity index (χ0n) is 20.9. The molecule has 0 unspecified atom stereocenters.